The predicted molar refractivity (Wildman–Crippen MR) is 99.4 cm³/mol. The van der Waals surface area contributed by atoms with Crippen molar-refractivity contribution in [3.63, 3.8) is 0 Å². The number of ether oxygens (including phenoxy) is 1. The number of nitrogens with one attached hydrogen (secondary N) is 1. The van der Waals surface area contributed by atoms with E-state index in [1.807, 2.05) is 38.1 Å². The molecule has 2 aromatic carbocycles. The molecule has 134 valence electrons. The topological polar surface area (TPSA) is 77.3 Å². The van der Waals surface area contributed by atoms with Crippen LogP contribution in [0.25, 0.3) is 11.3 Å². The molecule has 0 fully saturated rings. The first-order valence-electron chi connectivity index (χ1n) is 8.07. The van der Waals surface area contributed by atoms with E-state index in [0.717, 1.165) is 16.7 Å². The number of aromatic nitrogens is 2. The van der Waals surface area contributed by atoms with Gasteiger partial charge in [0.1, 0.15) is 5.75 Å². The lowest BCUT2D eigenvalue weighted by Crippen LogP contribution is -2.30. The van der Waals surface area contributed by atoms with E-state index in [-0.39, 0.29) is 11.7 Å². The average molecular weight is 372 g/mol. The lowest BCUT2D eigenvalue weighted by atomic mass is 10.1. The Morgan fingerprint density at radius 2 is 1.88 bits per heavy atom. The molecule has 1 heterocycles. The monoisotopic (exact) mass is 371 g/mol. The molecule has 0 saturated carbocycles. The molecule has 1 atom stereocenters. The third-order valence-electron chi connectivity index (χ3n) is 3.87. The summed E-state index contributed by atoms with van der Waals surface area (Å²) in [6, 6.07) is 12.9. The van der Waals surface area contributed by atoms with Crippen LogP contribution in [0, 0.1) is 13.8 Å². The van der Waals surface area contributed by atoms with Crippen molar-refractivity contribution in [2.75, 3.05) is 5.32 Å². The number of rotatable bonds is 5. The molecule has 1 amide bonds. The molecule has 0 saturated heterocycles. The third-order valence-corrected chi connectivity index (χ3v) is 4.29. The molecule has 1 unspecified atom stereocenters. The van der Waals surface area contributed by atoms with E-state index in [0.29, 0.717) is 16.5 Å². The van der Waals surface area contributed by atoms with Gasteiger partial charge in [0.15, 0.2) is 11.8 Å². The van der Waals surface area contributed by atoms with Crippen molar-refractivity contribution in [1.82, 2.24) is 10.3 Å². The second-order valence-corrected chi connectivity index (χ2v) is 6.39. The standard InChI is InChI=1S/C19H18ClN3O3/c1-11-4-6-14(7-5-11)17-18(23-26-22-17)21-19(24)13(3)25-15-8-9-16(20)12(2)10-15/h4-10,13H,1-3H3,(H,21,23,24). The van der Waals surface area contributed by atoms with Gasteiger partial charge in [-0.05, 0) is 54.8 Å². The van der Waals surface area contributed by atoms with Gasteiger partial charge in [0, 0.05) is 10.6 Å². The summed E-state index contributed by atoms with van der Waals surface area (Å²) in [4.78, 5) is 12.4. The molecule has 3 aromatic rings. The Hall–Kier alpha value is -2.86. The van der Waals surface area contributed by atoms with E-state index < -0.39 is 6.10 Å². The van der Waals surface area contributed by atoms with E-state index >= 15 is 0 Å². The Kier molecular flexibility index (Phi) is 5.23. The van der Waals surface area contributed by atoms with Gasteiger partial charge in [-0.25, -0.2) is 4.63 Å². The number of hydrogen-bond acceptors (Lipinski definition) is 5. The molecule has 6 nitrogen and oxygen atoms in total. The second-order valence-electron chi connectivity index (χ2n) is 5.99. The van der Waals surface area contributed by atoms with Crippen LogP contribution in [0.2, 0.25) is 5.02 Å². The van der Waals surface area contributed by atoms with Crippen LogP contribution in [0.1, 0.15) is 18.1 Å². The zero-order valence-electron chi connectivity index (χ0n) is 14.6. The maximum atomic E-state index is 12.4. The smallest absolute Gasteiger partial charge is 0.266 e. The van der Waals surface area contributed by atoms with Gasteiger partial charge in [0.2, 0.25) is 5.82 Å². The van der Waals surface area contributed by atoms with Crippen molar-refractivity contribution < 1.29 is 14.2 Å². The van der Waals surface area contributed by atoms with E-state index in [2.05, 4.69) is 15.6 Å². The molecule has 7 heteroatoms. The van der Waals surface area contributed by atoms with Crippen LogP contribution in [0.5, 0.6) is 5.75 Å². The lowest BCUT2D eigenvalue weighted by molar-refractivity contribution is -0.122. The highest BCUT2D eigenvalue weighted by molar-refractivity contribution is 6.31. The Bertz CT molecular complexity index is 922. The predicted octanol–water partition coefficient (Wildman–Crippen LogP) is 4.41. The number of amides is 1. The summed E-state index contributed by atoms with van der Waals surface area (Å²) in [6.45, 7) is 5.51. The molecule has 1 aromatic heterocycles. The van der Waals surface area contributed by atoms with Crippen molar-refractivity contribution in [3.8, 4) is 17.0 Å². The molecule has 1 N–H and O–H groups in total. The van der Waals surface area contributed by atoms with E-state index in [4.69, 9.17) is 21.0 Å². The third kappa shape index (κ3) is 4.03. The Morgan fingerprint density at radius 1 is 1.15 bits per heavy atom. The Morgan fingerprint density at radius 3 is 2.58 bits per heavy atom. The molecule has 26 heavy (non-hydrogen) atoms. The summed E-state index contributed by atoms with van der Waals surface area (Å²) in [5.41, 5.74) is 3.26. The average Bonchev–Trinajstić information content (AvgIpc) is 3.07. The number of aryl methyl sites for hydroxylation is 2. The zero-order chi connectivity index (χ0) is 18.7. The van der Waals surface area contributed by atoms with Crippen LogP contribution in [-0.2, 0) is 4.79 Å². The SMILES string of the molecule is Cc1ccc(-c2nonc2NC(=O)C(C)Oc2ccc(Cl)c(C)c2)cc1. The van der Waals surface area contributed by atoms with Gasteiger partial charge in [0.05, 0.1) is 0 Å². The summed E-state index contributed by atoms with van der Waals surface area (Å²) in [6.07, 6.45) is -0.738. The fourth-order valence-corrected chi connectivity index (χ4v) is 2.46. The van der Waals surface area contributed by atoms with Crippen LogP contribution in [-0.4, -0.2) is 22.3 Å². The van der Waals surface area contributed by atoms with Gasteiger partial charge in [-0.15, -0.1) is 0 Å². The summed E-state index contributed by atoms with van der Waals surface area (Å²) in [5.74, 6) is 0.454. The van der Waals surface area contributed by atoms with Gasteiger partial charge in [0.25, 0.3) is 5.91 Å². The highest BCUT2D eigenvalue weighted by Gasteiger charge is 2.20. The number of carbonyl (C=O) groups excluding carboxylic acids is 1. The van der Waals surface area contributed by atoms with Crippen molar-refractivity contribution >= 4 is 23.3 Å². The molecule has 0 aliphatic rings. The van der Waals surface area contributed by atoms with Crippen LogP contribution >= 0.6 is 11.6 Å². The van der Waals surface area contributed by atoms with E-state index in [9.17, 15) is 4.79 Å². The van der Waals surface area contributed by atoms with E-state index in [1.165, 1.54) is 0 Å². The summed E-state index contributed by atoms with van der Waals surface area (Å²) in [5, 5.41) is 11.0. The fraction of sp³-hybridized carbons (Fsp3) is 0.211. The van der Waals surface area contributed by atoms with Crippen LogP contribution in [0.3, 0.4) is 0 Å². The molecule has 0 radical (unpaired) electrons. The number of anilines is 1. The summed E-state index contributed by atoms with van der Waals surface area (Å²) < 4.78 is 10.5. The number of carbonyl (C=O) groups is 1. The summed E-state index contributed by atoms with van der Waals surface area (Å²) in [7, 11) is 0. The van der Waals surface area contributed by atoms with E-state index in [1.54, 1.807) is 25.1 Å². The quantitative estimate of drug-likeness (QED) is 0.718. The first kappa shape index (κ1) is 17.9. The van der Waals surface area contributed by atoms with Gasteiger partial charge in [-0.2, -0.15) is 0 Å². The largest absolute Gasteiger partial charge is 0.481 e. The number of halogens is 1. The number of hydrogen-bond donors (Lipinski definition) is 1. The van der Waals surface area contributed by atoms with Gasteiger partial charge in [-0.1, -0.05) is 41.4 Å². The van der Waals surface area contributed by atoms with Crippen molar-refractivity contribution in [2.24, 2.45) is 0 Å². The molecule has 0 aliphatic carbocycles. The first-order chi connectivity index (χ1) is 12.4. The van der Waals surface area contributed by atoms with Crippen LogP contribution in [0.15, 0.2) is 47.1 Å². The van der Waals surface area contributed by atoms with Crippen LogP contribution in [0.4, 0.5) is 5.82 Å². The molecule has 0 bridgehead atoms. The maximum Gasteiger partial charge on any atom is 0.266 e. The molecular formula is C19H18ClN3O3. The van der Waals surface area contributed by atoms with Crippen molar-refractivity contribution in [2.45, 2.75) is 26.9 Å². The minimum atomic E-state index is -0.738. The highest BCUT2D eigenvalue weighted by Crippen LogP contribution is 2.25. The van der Waals surface area contributed by atoms with Crippen molar-refractivity contribution in [1.29, 1.82) is 0 Å². The van der Waals surface area contributed by atoms with Crippen LogP contribution < -0.4 is 10.1 Å². The van der Waals surface area contributed by atoms with Gasteiger partial charge in [-0.3, -0.25) is 4.79 Å². The highest BCUT2D eigenvalue weighted by atomic mass is 35.5. The molecule has 3 rings (SSSR count). The normalized spacial score (nSPS) is 11.8. The minimum absolute atomic E-state index is 0.251. The number of nitrogens with zero attached hydrogens (tertiary/aromatic N) is 2. The van der Waals surface area contributed by atoms with Gasteiger partial charge < -0.3 is 10.1 Å². The lowest BCUT2D eigenvalue weighted by Gasteiger charge is -2.14. The van der Waals surface area contributed by atoms with Gasteiger partial charge >= 0.3 is 0 Å². The molecular weight excluding hydrogens is 354 g/mol. The fourth-order valence-electron chi connectivity index (χ4n) is 2.34. The maximum absolute atomic E-state index is 12.4. The summed E-state index contributed by atoms with van der Waals surface area (Å²) >= 11 is 6.00. The Balaban J connectivity index is 1.71. The van der Waals surface area contributed by atoms with Crippen molar-refractivity contribution in [3.05, 3.63) is 58.6 Å². The molecule has 0 aliphatic heterocycles. The Labute approximate surface area is 156 Å². The second kappa shape index (κ2) is 7.58. The minimum Gasteiger partial charge on any atom is -0.481 e. The number of benzene rings is 2. The zero-order valence-corrected chi connectivity index (χ0v) is 15.4. The molecule has 0 spiro atoms. The first-order valence-corrected chi connectivity index (χ1v) is 8.45.